The Labute approximate surface area is 178 Å². The van der Waals surface area contributed by atoms with Crippen molar-refractivity contribution in [3.63, 3.8) is 0 Å². The Morgan fingerprint density at radius 3 is 1.28 bits per heavy atom. The molecule has 4 rings (SSSR count). The number of hydrogen-bond acceptors (Lipinski definition) is 0. The van der Waals surface area contributed by atoms with Gasteiger partial charge < -0.3 is 24.8 Å². The zero-order valence-corrected chi connectivity index (χ0v) is 19.4. The van der Waals surface area contributed by atoms with Gasteiger partial charge in [-0.15, -0.1) is 0 Å². The van der Waals surface area contributed by atoms with Crippen molar-refractivity contribution < 1.29 is 48.0 Å². The molecule has 4 atom stereocenters. The Morgan fingerprint density at radius 1 is 0.640 bits per heavy atom. The van der Waals surface area contributed by atoms with Crippen molar-refractivity contribution in [2.24, 2.45) is 23.7 Å². The molecular formula is C22H30Cl2Zr. The molecule has 0 spiro atoms. The standard InChI is InChI=1S/2C11H15.2ClH.Zr/c2*1-9-6-7-11(8-9)10-4-2-3-5-10;;;/h2*2-5,9,11H,6-8H2,1H3;2*1H;/q;;;;+2/p-2. The van der Waals surface area contributed by atoms with Crippen molar-refractivity contribution in [3.8, 4) is 0 Å². The molecule has 0 heterocycles. The maximum Gasteiger partial charge on any atom is -1.00 e. The molecule has 0 radical (unpaired) electrons. The second-order valence-electron chi connectivity index (χ2n) is 8.66. The molecular weight excluding hydrogens is 426 g/mol. The van der Waals surface area contributed by atoms with Gasteiger partial charge in [0.25, 0.3) is 0 Å². The Morgan fingerprint density at radius 2 is 1.00 bits per heavy atom. The van der Waals surface area contributed by atoms with E-state index in [-0.39, 0.29) is 24.8 Å². The van der Waals surface area contributed by atoms with E-state index in [9.17, 15) is 0 Å². The quantitative estimate of drug-likeness (QED) is 0.579. The molecule has 136 valence electrons. The zero-order valence-electron chi connectivity index (χ0n) is 15.4. The average molecular weight is 457 g/mol. The molecule has 0 aromatic heterocycles. The monoisotopic (exact) mass is 454 g/mol. The van der Waals surface area contributed by atoms with E-state index in [4.69, 9.17) is 0 Å². The SMILES string of the molecule is CC1CCC([C]2([Zr+2][C]3(C4CCC(C)C4)C=CC=C3)C=CC=C2)C1.[Cl-].[Cl-]. The molecule has 0 saturated heterocycles. The summed E-state index contributed by atoms with van der Waals surface area (Å²) < 4.78 is 0.970. The van der Waals surface area contributed by atoms with Crippen molar-refractivity contribution in [3.05, 3.63) is 48.6 Å². The van der Waals surface area contributed by atoms with Crippen molar-refractivity contribution >= 4 is 0 Å². The molecule has 2 fully saturated rings. The van der Waals surface area contributed by atoms with Gasteiger partial charge in [-0.25, -0.2) is 0 Å². The van der Waals surface area contributed by atoms with Gasteiger partial charge in [-0.3, -0.25) is 0 Å². The van der Waals surface area contributed by atoms with Gasteiger partial charge in [0.2, 0.25) is 0 Å². The summed E-state index contributed by atoms with van der Waals surface area (Å²) in [7, 11) is 0. The van der Waals surface area contributed by atoms with Gasteiger partial charge >= 0.3 is 154 Å². The van der Waals surface area contributed by atoms with Crippen molar-refractivity contribution in [1.82, 2.24) is 0 Å². The van der Waals surface area contributed by atoms with Crippen LogP contribution in [0.1, 0.15) is 52.4 Å². The summed E-state index contributed by atoms with van der Waals surface area (Å²) in [4.78, 5) is 0. The van der Waals surface area contributed by atoms with E-state index in [0.29, 0.717) is 6.25 Å². The third-order valence-electron chi connectivity index (χ3n) is 6.88. The molecule has 0 aliphatic heterocycles. The second-order valence-corrected chi connectivity index (χ2v) is 13.5. The summed E-state index contributed by atoms with van der Waals surface area (Å²) in [6.07, 6.45) is 28.7. The number of halogens is 2. The largest absolute Gasteiger partial charge is 1.00 e. The second kappa shape index (κ2) is 8.62. The third-order valence-corrected chi connectivity index (χ3v) is 12.7. The summed E-state index contributed by atoms with van der Waals surface area (Å²) in [5.41, 5.74) is 0. The fourth-order valence-electron chi connectivity index (χ4n) is 5.54. The molecule has 0 aromatic carbocycles. The van der Waals surface area contributed by atoms with E-state index in [1.54, 1.807) is 0 Å². The minimum atomic E-state index is -0.660. The normalized spacial score (nSPS) is 36.2. The van der Waals surface area contributed by atoms with Gasteiger partial charge in [0.15, 0.2) is 0 Å². The van der Waals surface area contributed by atoms with Crippen molar-refractivity contribution in [2.45, 2.75) is 58.6 Å². The molecule has 0 bridgehead atoms. The first kappa shape index (κ1) is 21.7. The van der Waals surface area contributed by atoms with Gasteiger partial charge in [-0.1, -0.05) is 0 Å². The van der Waals surface area contributed by atoms with E-state index < -0.39 is 23.2 Å². The van der Waals surface area contributed by atoms with E-state index in [2.05, 4.69) is 62.5 Å². The first-order valence-corrected chi connectivity index (χ1v) is 12.1. The fourth-order valence-corrected chi connectivity index (χ4v) is 11.4. The molecule has 4 aliphatic carbocycles. The zero-order chi connectivity index (χ0) is 15.9. The minimum absolute atomic E-state index is 0. The van der Waals surface area contributed by atoms with Gasteiger partial charge in [0.1, 0.15) is 0 Å². The molecule has 4 aliphatic rings. The summed E-state index contributed by atoms with van der Waals surface area (Å²) in [5, 5.41) is 0. The molecule has 4 unspecified atom stereocenters. The Hall–Kier alpha value is 0.423. The van der Waals surface area contributed by atoms with Crippen LogP contribution in [0.3, 0.4) is 0 Å². The van der Waals surface area contributed by atoms with Crippen LogP contribution in [0.5, 0.6) is 0 Å². The van der Waals surface area contributed by atoms with Crippen LogP contribution in [0, 0.1) is 23.7 Å². The average Bonchev–Trinajstić information content (AvgIpc) is 3.27. The Kier molecular flexibility index (Phi) is 7.49. The van der Waals surface area contributed by atoms with Crippen LogP contribution in [0.4, 0.5) is 0 Å². The van der Waals surface area contributed by atoms with E-state index in [1.807, 2.05) is 0 Å². The molecule has 0 aromatic rings. The van der Waals surface area contributed by atoms with Gasteiger partial charge in [0.05, 0.1) is 0 Å². The molecule has 0 nitrogen and oxygen atoms in total. The fraction of sp³-hybridized carbons (Fsp3) is 0.636. The first-order valence-electron chi connectivity index (χ1n) is 9.65. The number of rotatable bonds is 4. The van der Waals surface area contributed by atoms with Crippen LogP contribution >= 0.6 is 0 Å². The molecule has 0 amide bonds. The summed E-state index contributed by atoms with van der Waals surface area (Å²) in [5.74, 6) is 3.74. The third kappa shape index (κ3) is 4.15. The maximum atomic E-state index is 2.63. The number of allylic oxidation sites excluding steroid dienone is 8. The topological polar surface area (TPSA) is 0 Å². The van der Waals surface area contributed by atoms with E-state index in [0.717, 1.165) is 23.7 Å². The Bertz CT molecular complexity index is 501. The maximum absolute atomic E-state index is 2.63. The van der Waals surface area contributed by atoms with Gasteiger partial charge in [0, 0.05) is 0 Å². The molecule has 0 N–H and O–H groups in total. The minimum Gasteiger partial charge on any atom is -1.00 e. The smallest absolute Gasteiger partial charge is 1.00 e. The van der Waals surface area contributed by atoms with E-state index >= 15 is 0 Å². The van der Waals surface area contributed by atoms with Crippen molar-refractivity contribution in [1.29, 1.82) is 0 Å². The summed E-state index contributed by atoms with van der Waals surface area (Å²) in [6.45, 7) is 4.93. The van der Waals surface area contributed by atoms with E-state index in [1.165, 1.54) is 38.5 Å². The van der Waals surface area contributed by atoms with Crippen LogP contribution in [0.25, 0.3) is 0 Å². The summed E-state index contributed by atoms with van der Waals surface area (Å²) >= 11 is -0.660. The molecule has 2 saturated carbocycles. The summed E-state index contributed by atoms with van der Waals surface area (Å²) in [6, 6.07) is 0. The predicted molar refractivity (Wildman–Crippen MR) is 95.0 cm³/mol. The first-order chi connectivity index (χ1) is 11.1. The van der Waals surface area contributed by atoms with Gasteiger partial charge in [-0.05, 0) is 0 Å². The van der Waals surface area contributed by atoms with Crippen LogP contribution in [-0.2, 0) is 23.2 Å². The van der Waals surface area contributed by atoms with Gasteiger partial charge in [-0.2, -0.15) is 0 Å². The predicted octanol–water partition coefficient (Wildman–Crippen LogP) is 0.519. The van der Waals surface area contributed by atoms with Crippen LogP contribution in [0.15, 0.2) is 48.6 Å². The van der Waals surface area contributed by atoms with Crippen LogP contribution in [-0.4, -0.2) is 0 Å². The number of hydrogen-bond donors (Lipinski definition) is 0. The molecule has 3 heteroatoms. The Balaban J connectivity index is 0.00000113. The van der Waals surface area contributed by atoms with Crippen molar-refractivity contribution in [2.75, 3.05) is 0 Å². The molecule has 25 heavy (non-hydrogen) atoms. The van der Waals surface area contributed by atoms with Crippen LogP contribution in [0.2, 0.25) is 6.25 Å². The van der Waals surface area contributed by atoms with Crippen LogP contribution < -0.4 is 24.8 Å².